The molecule has 148 valence electrons. The number of nitrogens with two attached hydrogens (primary N) is 1. The minimum absolute atomic E-state index is 0.0581. The van der Waals surface area contributed by atoms with Crippen LogP contribution < -0.4 is 11.4 Å². The predicted octanol–water partition coefficient (Wildman–Crippen LogP) is 2.20. The topological polar surface area (TPSA) is 99.6 Å². The minimum atomic E-state index is -0.598. The molecule has 1 aromatic rings. The second-order valence-corrected chi connectivity index (χ2v) is 9.32. The maximum absolute atomic E-state index is 12.4. The van der Waals surface area contributed by atoms with Gasteiger partial charge < -0.3 is 20.3 Å². The predicted molar refractivity (Wildman–Crippen MR) is 101 cm³/mol. The highest BCUT2D eigenvalue weighted by Gasteiger charge is 2.52. The summed E-state index contributed by atoms with van der Waals surface area (Å²) in [6.45, 7) is 13.1. The van der Waals surface area contributed by atoms with Crippen molar-refractivity contribution in [2.45, 2.75) is 66.4 Å². The van der Waals surface area contributed by atoms with E-state index in [0.29, 0.717) is 0 Å². The van der Waals surface area contributed by atoms with E-state index in [1.165, 1.54) is 4.57 Å². The van der Waals surface area contributed by atoms with E-state index in [4.69, 9.17) is 15.2 Å². The van der Waals surface area contributed by atoms with Crippen molar-refractivity contribution in [3.63, 3.8) is 0 Å². The fourth-order valence-electron chi connectivity index (χ4n) is 3.78. The molecule has 0 spiro atoms. The van der Waals surface area contributed by atoms with Gasteiger partial charge in [0.25, 0.3) is 0 Å². The molecule has 1 fully saturated rings. The lowest BCUT2D eigenvalue weighted by Gasteiger charge is -2.36. The van der Waals surface area contributed by atoms with E-state index in [1.54, 1.807) is 12.3 Å². The van der Waals surface area contributed by atoms with E-state index in [2.05, 4.69) is 46.5 Å². The molecule has 1 aliphatic heterocycles. The molecule has 7 heteroatoms. The molecule has 3 N–H and O–H groups in total. The summed E-state index contributed by atoms with van der Waals surface area (Å²) in [6.07, 6.45) is 1.40. The Labute approximate surface area is 155 Å². The van der Waals surface area contributed by atoms with E-state index < -0.39 is 11.9 Å². The first-order valence-electron chi connectivity index (χ1n) is 9.16. The number of aromatic nitrogens is 2. The average molecular weight is 367 g/mol. The summed E-state index contributed by atoms with van der Waals surface area (Å²) in [5, 5.41) is 9.25. The van der Waals surface area contributed by atoms with Crippen molar-refractivity contribution in [1.82, 2.24) is 9.55 Å². The van der Waals surface area contributed by atoms with Gasteiger partial charge in [-0.1, -0.05) is 41.5 Å². The zero-order chi connectivity index (χ0) is 19.7. The van der Waals surface area contributed by atoms with Crippen LogP contribution in [0.3, 0.4) is 0 Å². The number of hydrogen-bond donors (Lipinski definition) is 2. The Morgan fingerprint density at radius 3 is 2.46 bits per heavy atom. The standard InChI is InChI=1S/C19H33N3O4/c1-18(2,3)11-12-14(19(4,5)6)15(25-10-9-23)16(26-12)22-8-7-13(20)21-17(22)24/h7-8,12,14-16,23H,9-11H2,1-6H3,(H2,20,21,24)/t12-,14?,15+,16-/m1/s1. The smallest absolute Gasteiger partial charge is 0.351 e. The normalized spacial score (nSPS) is 27.0. The summed E-state index contributed by atoms with van der Waals surface area (Å²) in [7, 11) is 0. The molecule has 1 saturated heterocycles. The lowest BCUT2D eigenvalue weighted by Crippen LogP contribution is -2.41. The van der Waals surface area contributed by atoms with Crippen molar-refractivity contribution in [3.8, 4) is 0 Å². The van der Waals surface area contributed by atoms with Crippen LogP contribution in [0.2, 0.25) is 0 Å². The third-order valence-corrected chi connectivity index (χ3v) is 4.69. The fraction of sp³-hybridized carbons (Fsp3) is 0.789. The highest BCUT2D eigenvalue weighted by molar-refractivity contribution is 5.23. The quantitative estimate of drug-likeness (QED) is 0.828. The lowest BCUT2D eigenvalue weighted by atomic mass is 9.71. The van der Waals surface area contributed by atoms with Gasteiger partial charge in [0.1, 0.15) is 11.9 Å². The Morgan fingerprint density at radius 1 is 1.31 bits per heavy atom. The molecule has 1 aromatic heterocycles. The van der Waals surface area contributed by atoms with Gasteiger partial charge in [0.2, 0.25) is 0 Å². The maximum atomic E-state index is 12.4. The first-order valence-corrected chi connectivity index (χ1v) is 9.16. The number of nitrogens with zero attached hydrogens (tertiary/aromatic N) is 2. The third-order valence-electron chi connectivity index (χ3n) is 4.69. The molecule has 0 radical (unpaired) electrons. The monoisotopic (exact) mass is 367 g/mol. The van der Waals surface area contributed by atoms with Crippen LogP contribution in [-0.4, -0.2) is 40.1 Å². The summed E-state index contributed by atoms with van der Waals surface area (Å²) < 4.78 is 13.8. The molecule has 0 aromatic carbocycles. The Bertz CT molecular complexity index is 660. The number of aliphatic hydroxyl groups is 1. The average Bonchev–Trinajstić information content (AvgIpc) is 2.81. The van der Waals surface area contributed by atoms with E-state index >= 15 is 0 Å². The summed E-state index contributed by atoms with van der Waals surface area (Å²) >= 11 is 0. The zero-order valence-corrected chi connectivity index (χ0v) is 16.7. The number of anilines is 1. The second kappa shape index (κ2) is 7.66. The Kier molecular flexibility index (Phi) is 6.15. The molecular weight excluding hydrogens is 334 g/mol. The van der Waals surface area contributed by atoms with Gasteiger partial charge in [-0.25, -0.2) is 4.79 Å². The molecule has 4 atom stereocenters. The second-order valence-electron chi connectivity index (χ2n) is 9.32. The summed E-state index contributed by atoms with van der Waals surface area (Å²) in [5.74, 6) is 0.235. The first kappa shape index (κ1) is 20.9. The molecule has 0 amide bonds. The van der Waals surface area contributed by atoms with Crippen molar-refractivity contribution in [2.24, 2.45) is 16.7 Å². The van der Waals surface area contributed by atoms with Gasteiger partial charge in [0.05, 0.1) is 19.3 Å². The van der Waals surface area contributed by atoms with Crippen LogP contribution in [0.15, 0.2) is 17.1 Å². The lowest BCUT2D eigenvalue weighted by molar-refractivity contribution is -0.0777. The van der Waals surface area contributed by atoms with Gasteiger partial charge in [-0.05, 0) is 23.3 Å². The highest BCUT2D eigenvalue weighted by atomic mass is 16.6. The van der Waals surface area contributed by atoms with Crippen LogP contribution in [0.5, 0.6) is 0 Å². The molecular formula is C19H33N3O4. The van der Waals surface area contributed by atoms with Crippen LogP contribution >= 0.6 is 0 Å². The van der Waals surface area contributed by atoms with E-state index in [1.807, 2.05) is 0 Å². The fourth-order valence-corrected chi connectivity index (χ4v) is 3.78. The summed E-state index contributed by atoms with van der Waals surface area (Å²) in [6, 6.07) is 1.58. The van der Waals surface area contributed by atoms with Crippen LogP contribution in [-0.2, 0) is 9.47 Å². The van der Waals surface area contributed by atoms with E-state index in [9.17, 15) is 9.90 Å². The van der Waals surface area contributed by atoms with Crippen molar-refractivity contribution in [2.75, 3.05) is 18.9 Å². The molecule has 0 saturated carbocycles. The number of hydrogen-bond acceptors (Lipinski definition) is 6. The molecule has 1 aliphatic rings. The van der Waals surface area contributed by atoms with Crippen LogP contribution in [0.1, 0.15) is 54.2 Å². The first-order chi connectivity index (χ1) is 11.9. The highest BCUT2D eigenvalue weighted by Crippen LogP contribution is 2.48. The molecule has 0 bridgehead atoms. The Balaban J connectivity index is 2.46. The molecule has 7 nitrogen and oxygen atoms in total. The van der Waals surface area contributed by atoms with Crippen molar-refractivity contribution >= 4 is 5.82 Å². The summed E-state index contributed by atoms with van der Waals surface area (Å²) in [4.78, 5) is 16.2. The van der Waals surface area contributed by atoms with Crippen molar-refractivity contribution < 1.29 is 14.6 Å². The summed E-state index contributed by atoms with van der Waals surface area (Å²) in [5.41, 5.74) is 5.12. The number of rotatable bonds is 5. The Morgan fingerprint density at radius 2 is 1.96 bits per heavy atom. The van der Waals surface area contributed by atoms with Gasteiger partial charge in [0.15, 0.2) is 6.23 Å². The number of aliphatic hydroxyl groups excluding tert-OH is 1. The van der Waals surface area contributed by atoms with E-state index in [-0.39, 0.29) is 48.0 Å². The van der Waals surface area contributed by atoms with Gasteiger partial charge >= 0.3 is 5.69 Å². The molecule has 2 rings (SSSR count). The van der Waals surface area contributed by atoms with Crippen LogP contribution in [0.25, 0.3) is 0 Å². The third kappa shape index (κ3) is 4.84. The SMILES string of the molecule is CC(C)(C)C[C@H]1O[C@@H](n2ccc(N)nc2=O)[C@@H](OCCO)C1C(C)(C)C. The number of ether oxygens (including phenoxy) is 2. The van der Waals surface area contributed by atoms with Crippen molar-refractivity contribution in [1.29, 1.82) is 0 Å². The van der Waals surface area contributed by atoms with Crippen LogP contribution in [0.4, 0.5) is 5.82 Å². The molecule has 1 unspecified atom stereocenters. The minimum Gasteiger partial charge on any atom is -0.394 e. The van der Waals surface area contributed by atoms with Gasteiger partial charge in [-0.15, -0.1) is 0 Å². The molecule has 26 heavy (non-hydrogen) atoms. The zero-order valence-electron chi connectivity index (χ0n) is 16.7. The Hall–Kier alpha value is -1.44. The maximum Gasteiger partial charge on any atom is 0.351 e. The molecule has 0 aliphatic carbocycles. The van der Waals surface area contributed by atoms with Gasteiger partial charge in [0, 0.05) is 12.1 Å². The molecule has 2 heterocycles. The largest absolute Gasteiger partial charge is 0.394 e. The number of nitrogen functional groups attached to an aromatic ring is 1. The van der Waals surface area contributed by atoms with Crippen LogP contribution in [0, 0.1) is 16.7 Å². The van der Waals surface area contributed by atoms with Gasteiger partial charge in [-0.3, -0.25) is 4.57 Å². The van der Waals surface area contributed by atoms with E-state index in [0.717, 1.165) is 6.42 Å². The van der Waals surface area contributed by atoms with Crippen molar-refractivity contribution in [3.05, 3.63) is 22.7 Å². The van der Waals surface area contributed by atoms with Gasteiger partial charge in [-0.2, -0.15) is 4.98 Å².